The Kier molecular flexibility index (Phi) is 24.8. The molecule has 0 spiro atoms. The SMILES string of the molecule is C=C1C(=O)N[C@H](C)C(=O)N[C@@H](CCc2ccc(O)cc2)C(=O)N[C@@H](C(=O)O)[C@H](C)C(=O)N[C@@H](CCCN=C(N)N)C(=O)N[C@@H](/C=C/C(C)=C/[C@H](C)[C@H](Cc2ccccc2)OC)[C@H](C)C(=O)N[C@@H](C(=O)O)CCC(=O)N1C. The number of guanidine groups is 1. The van der Waals surface area contributed by atoms with Crippen LogP contribution < -0.4 is 43.4 Å². The maximum atomic E-state index is 14.5. The van der Waals surface area contributed by atoms with E-state index in [0.717, 1.165) is 10.5 Å². The van der Waals surface area contributed by atoms with E-state index in [1.807, 2.05) is 43.3 Å². The molecule has 414 valence electrons. The molecular weight excluding hydrogens is 985 g/mol. The first-order valence-corrected chi connectivity index (χ1v) is 24.8. The van der Waals surface area contributed by atoms with Gasteiger partial charge >= 0.3 is 11.9 Å². The summed E-state index contributed by atoms with van der Waals surface area (Å²) >= 11 is 0. The number of carbonyl (C=O) groups excluding carboxylic acids is 7. The van der Waals surface area contributed by atoms with E-state index >= 15 is 0 Å². The van der Waals surface area contributed by atoms with Gasteiger partial charge in [0.2, 0.25) is 35.4 Å². The predicted octanol–water partition coefficient (Wildman–Crippen LogP) is 0.911. The minimum absolute atomic E-state index is 0.00489. The number of aryl methyl sites for hydroxylation is 1. The summed E-state index contributed by atoms with van der Waals surface area (Å²) in [6.45, 7) is 11.3. The number of amides is 7. The summed E-state index contributed by atoms with van der Waals surface area (Å²) in [6.07, 6.45) is 4.47. The number of methoxy groups -OCH3 is 1. The maximum absolute atomic E-state index is 14.5. The van der Waals surface area contributed by atoms with E-state index in [1.165, 1.54) is 46.0 Å². The van der Waals surface area contributed by atoms with Crippen LogP contribution in [0.4, 0.5) is 0 Å². The van der Waals surface area contributed by atoms with Gasteiger partial charge in [0.05, 0.1) is 24.0 Å². The molecule has 0 unspecified atom stereocenters. The van der Waals surface area contributed by atoms with E-state index < -0.39 is 120 Å². The zero-order chi connectivity index (χ0) is 56.8. The molecule has 1 saturated heterocycles. The van der Waals surface area contributed by atoms with Gasteiger partial charge in [-0.3, -0.25) is 38.6 Å². The van der Waals surface area contributed by atoms with Crippen LogP contribution in [0, 0.1) is 17.8 Å². The van der Waals surface area contributed by atoms with E-state index in [-0.39, 0.29) is 56.0 Å². The number of carbonyl (C=O) groups is 9. The van der Waals surface area contributed by atoms with Crippen LogP contribution in [-0.4, -0.2) is 143 Å². The highest BCUT2D eigenvalue weighted by Crippen LogP contribution is 2.19. The Morgan fingerprint density at radius 2 is 1.41 bits per heavy atom. The first kappa shape index (κ1) is 62.2. The first-order chi connectivity index (χ1) is 35.8. The van der Waals surface area contributed by atoms with Crippen molar-refractivity contribution in [2.24, 2.45) is 34.2 Å². The van der Waals surface area contributed by atoms with Crippen molar-refractivity contribution in [3.63, 3.8) is 0 Å². The molecule has 0 bridgehead atoms. The van der Waals surface area contributed by atoms with Crippen LogP contribution >= 0.6 is 0 Å². The highest BCUT2D eigenvalue weighted by atomic mass is 16.5. The summed E-state index contributed by atoms with van der Waals surface area (Å²) in [6, 6.07) is 6.60. The Hall–Kier alpha value is -8.08. The molecule has 76 heavy (non-hydrogen) atoms. The van der Waals surface area contributed by atoms with E-state index in [4.69, 9.17) is 16.2 Å². The summed E-state index contributed by atoms with van der Waals surface area (Å²) in [4.78, 5) is 127. The van der Waals surface area contributed by atoms with Gasteiger partial charge in [0.1, 0.15) is 41.7 Å². The van der Waals surface area contributed by atoms with E-state index in [9.17, 15) is 58.5 Å². The van der Waals surface area contributed by atoms with Crippen molar-refractivity contribution in [3.8, 4) is 5.75 Å². The maximum Gasteiger partial charge on any atom is 0.327 e. The second kappa shape index (κ2) is 30.3. The molecule has 7 amide bonds. The molecule has 3 rings (SSSR count). The number of rotatable bonds is 16. The smallest absolute Gasteiger partial charge is 0.327 e. The Morgan fingerprint density at radius 1 is 0.803 bits per heavy atom. The number of nitrogens with one attached hydrogen (secondary N) is 6. The summed E-state index contributed by atoms with van der Waals surface area (Å²) in [5.74, 6) is -12.8. The van der Waals surface area contributed by atoms with Gasteiger partial charge in [0, 0.05) is 33.0 Å². The van der Waals surface area contributed by atoms with Gasteiger partial charge in [-0.15, -0.1) is 0 Å². The van der Waals surface area contributed by atoms with Gasteiger partial charge in [-0.1, -0.05) is 93.6 Å². The second-order valence-electron chi connectivity index (χ2n) is 18.8. The molecule has 0 aliphatic carbocycles. The molecule has 1 heterocycles. The fourth-order valence-corrected chi connectivity index (χ4v) is 8.00. The minimum Gasteiger partial charge on any atom is -0.508 e. The summed E-state index contributed by atoms with van der Waals surface area (Å²) in [7, 11) is 2.80. The van der Waals surface area contributed by atoms with Crippen LogP contribution in [0.2, 0.25) is 0 Å². The molecular formula is C53H74N10O13. The number of hydrogen-bond donors (Lipinski definition) is 11. The topological polar surface area (TPSA) is 363 Å². The summed E-state index contributed by atoms with van der Waals surface area (Å²) in [5.41, 5.74) is 13.0. The predicted molar refractivity (Wildman–Crippen MR) is 281 cm³/mol. The van der Waals surface area contributed by atoms with Gasteiger partial charge in [0.25, 0.3) is 5.91 Å². The number of aliphatic imine (C=N–C) groups is 1. The van der Waals surface area contributed by atoms with Gasteiger partial charge in [-0.2, -0.15) is 0 Å². The van der Waals surface area contributed by atoms with Gasteiger partial charge < -0.3 is 68.3 Å². The van der Waals surface area contributed by atoms with Crippen molar-refractivity contribution in [1.82, 2.24) is 36.8 Å². The number of aromatic hydroxyl groups is 1. The van der Waals surface area contributed by atoms with E-state index in [0.29, 0.717) is 17.6 Å². The van der Waals surface area contributed by atoms with Crippen molar-refractivity contribution < 1.29 is 63.2 Å². The number of aliphatic carboxylic acids is 2. The fraction of sp³-hybridized carbons (Fsp3) is 0.472. The minimum atomic E-state index is -1.95. The number of phenols is 1. The second-order valence-corrected chi connectivity index (χ2v) is 18.8. The highest BCUT2D eigenvalue weighted by Gasteiger charge is 2.37. The van der Waals surface area contributed by atoms with Gasteiger partial charge in [0.15, 0.2) is 5.96 Å². The molecule has 0 aromatic heterocycles. The van der Waals surface area contributed by atoms with Crippen molar-refractivity contribution in [3.05, 3.63) is 102 Å². The normalized spacial score (nSPS) is 24.3. The quantitative estimate of drug-likeness (QED) is 0.0366. The number of benzene rings is 2. The van der Waals surface area contributed by atoms with Crippen LogP contribution in [-0.2, 0) is 60.7 Å². The molecule has 1 aliphatic heterocycles. The van der Waals surface area contributed by atoms with Crippen LogP contribution in [0.3, 0.4) is 0 Å². The molecule has 10 atom stereocenters. The van der Waals surface area contributed by atoms with E-state index in [2.05, 4.69) is 43.5 Å². The zero-order valence-corrected chi connectivity index (χ0v) is 44.0. The van der Waals surface area contributed by atoms with Crippen LogP contribution in [0.25, 0.3) is 0 Å². The average molecular weight is 1060 g/mol. The Labute approximate surface area is 442 Å². The highest BCUT2D eigenvalue weighted by molar-refractivity contribution is 6.00. The third-order valence-electron chi connectivity index (χ3n) is 12.9. The molecule has 0 saturated carbocycles. The first-order valence-electron chi connectivity index (χ1n) is 24.8. The van der Waals surface area contributed by atoms with Crippen molar-refractivity contribution in [1.29, 1.82) is 0 Å². The standard InChI is InChI=1S/C53H74N10O13/c1-29(27-30(2)42(76-8)28-36-13-10-9-11-14-36)16-22-38-31(3)45(66)61-41(51(72)73)24-25-43(65)63(7)34(6)48(69)57-33(5)47(68)60-40(23-19-35-17-20-37(64)21-18-35)50(71)62-44(52(74)75)32(4)46(67)59-39(49(70)58-38)15-12-26-56-53(54)55/h9-11,13-14,16-18,20-22,27,30-33,38-42,44,64H,6,12,15,19,23-26,28H2,1-5,7-8H3,(H,57,69)(H,58,70)(H,59,67)(H,60,68)(H,61,66)(H,62,71)(H,72,73)(H,74,75)(H4,54,55,56)/b22-16+,29-27+/t30-,31-,32-,33+,38-,39-,40-,41+,42-,44+/m0/s1. The fourth-order valence-electron chi connectivity index (χ4n) is 8.00. The molecule has 1 fully saturated rings. The number of phenolic OH excluding ortho intramolecular Hbond substituents is 1. The van der Waals surface area contributed by atoms with Crippen molar-refractivity contribution in [2.45, 2.75) is 122 Å². The van der Waals surface area contributed by atoms with Crippen LogP contribution in [0.5, 0.6) is 5.75 Å². The molecule has 23 nitrogen and oxygen atoms in total. The summed E-state index contributed by atoms with van der Waals surface area (Å²) in [5, 5.41) is 45.5. The van der Waals surface area contributed by atoms with Gasteiger partial charge in [-0.25, -0.2) is 9.59 Å². The number of nitrogens with zero attached hydrogens (tertiary/aromatic N) is 2. The van der Waals surface area contributed by atoms with Crippen LogP contribution in [0.15, 0.2) is 95.7 Å². The lowest BCUT2D eigenvalue weighted by Gasteiger charge is -2.28. The average Bonchev–Trinajstić information content (AvgIpc) is 3.37. The van der Waals surface area contributed by atoms with Gasteiger partial charge in [-0.05, 0) is 75.6 Å². The third-order valence-corrected chi connectivity index (χ3v) is 12.9. The number of carboxylic acid groups (broad SMARTS) is 2. The Balaban J connectivity index is 2.13. The lowest BCUT2D eigenvalue weighted by Crippen LogP contribution is -2.59. The number of likely N-dealkylation sites (N-methyl/N-ethyl adjacent to an activating group) is 1. The lowest BCUT2D eigenvalue weighted by atomic mass is 9.94. The lowest BCUT2D eigenvalue weighted by molar-refractivity contribution is -0.146. The number of allylic oxidation sites excluding steroid dienone is 2. The largest absolute Gasteiger partial charge is 0.508 e. The molecule has 1 aliphatic rings. The Morgan fingerprint density at radius 3 is 2.01 bits per heavy atom. The number of hydrogen-bond acceptors (Lipinski definition) is 12. The Bertz CT molecular complexity index is 2480. The zero-order valence-electron chi connectivity index (χ0n) is 44.0. The van der Waals surface area contributed by atoms with E-state index in [1.54, 1.807) is 32.2 Å². The molecule has 0 radical (unpaired) electrons. The monoisotopic (exact) mass is 1060 g/mol. The van der Waals surface area contributed by atoms with Crippen molar-refractivity contribution in [2.75, 3.05) is 20.7 Å². The number of carboxylic acids is 2. The number of nitrogens with two attached hydrogens (primary N) is 2. The van der Waals surface area contributed by atoms with Crippen molar-refractivity contribution >= 4 is 59.2 Å². The molecule has 2 aromatic rings. The molecule has 23 heteroatoms. The number of ether oxygens (including phenoxy) is 1. The summed E-state index contributed by atoms with van der Waals surface area (Å²) < 4.78 is 5.82. The van der Waals surface area contributed by atoms with Crippen LogP contribution in [0.1, 0.15) is 77.8 Å². The molecule has 13 N–H and O–H groups in total. The third kappa shape index (κ3) is 20.0. The molecule has 2 aromatic carbocycles.